The quantitative estimate of drug-likeness (QED) is 0.668. The number of benzene rings is 2. The van der Waals surface area contributed by atoms with E-state index < -0.39 is 10.8 Å². The third-order valence-corrected chi connectivity index (χ3v) is 3.47. The number of ether oxygens (including phenoxy) is 1. The summed E-state index contributed by atoms with van der Waals surface area (Å²) in [7, 11) is 1.35. The van der Waals surface area contributed by atoms with Gasteiger partial charge in [-0.1, -0.05) is 32.0 Å². The Balaban J connectivity index is 2.32. The van der Waals surface area contributed by atoms with Gasteiger partial charge in [0.15, 0.2) is 5.75 Å². The highest BCUT2D eigenvalue weighted by Gasteiger charge is 2.19. The molecule has 0 aliphatic carbocycles. The molecule has 0 radical (unpaired) electrons. The van der Waals surface area contributed by atoms with E-state index in [0.29, 0.717) is 5.69 Å². The Labute approximate surface area is 134 Å². The molecule has 0 heterocycles. The van der Waals surface area contributed by atoms with E-state index >= 15 is 0 Å². The highest BCUT2D eigenvalue weighted by atomic mass is 16.6. The molecule has 1 amide bonds. The van der Waals surface area contributed by atoms with Gasteiger partial charge in [0, 0.05) is 17.3 Å². The monoisotopic (exact) mass is 314 g/mol. The van der Waals surface area contributed by atoms with Crippen molar-refractivity contribution in [1.82, 2.24) is 0 Å². The van der Waals surface area contributed by atoms with Gasteiger partial charge < -0.3 is 10.1 Å². The Morgan fingerprint density at radius 2 is 1.91 bits per heavy atom. The Morgan fingerprint density at radius 3 is 2.52 bits per heavy atom. The lowest BCUT2D eigenvalue weighted by molar-refractivity contribution is -0.385. The van der Waals surface area contributed by atoms with Gasteiger partial charge in [0.1, 0.15) is 0 Å². The van der Waals surface area contributed by atoms with Crippen LogP contribution in [0.4, 0.5) is 11.4 Å². The number of amides is 1. The second kappa shape index (κ2) is 6.91. The van der Waals surface area contributed by atoms with Crippen molar-refractivity contribution >= 4 is 17.3 Å². The van der Waals surface area contributed by atoms with Crippen LogP contribution in [0.2, 0.25) is 0 Å². The average Bonchev–Trinajstić information content (AvgIpc) is 2.54. The molecule has 0 aliphatic heterocycles. The Kier molecular flexibility index (Phi) is 4.95. The zero-order chi connectivity index (χ0) is 17.0. The summed E-state index contributed by atoms with van der Waals surface area (Å²) in [6.45, 7) is 4.06. The standard InChI is InChI=1S/C17H18N2O4/c1-11(2)13-6-4-5-7-14(13)18-17(20)12-8-9-16(23-3)15(10-12)19(21)22/h4-11H,1-3H3,(H,18,20). The van der Waals surface area contributed by atoms with Crippen molar-refractivity contribution in [2.45, 2.75) is 19.8 Å². The molecule has 0 fully saturated rings. The van der Waals surface area contributed by atoms with E-state index in [-0.39, 0.29) is 22.9 Å². The van der Waals surface area contributed by atoms with E-state index in [9.17, 15) is 14.9 Å². The molecule has 0 bridgehead atoms. The lowest BCUT2D eigenvalue weighted by Crippen LogP contribution is -2.14. The molecular weight excluding hydrogens is 296 g/mol. The summed E-state index contributed by atoms with van der Waals surface area (Å²) in [4.78, 5) is 22.9. The van der Waals surface area contributed by atoms with Crippen molar-refractivity contribution < 1.29 is 14.5 Å². The third kappa shape index (κ3) is 3.66. The predicted molar refractivity (Wildman–Crippen MR) is 88.1 cm³/mol. The first-order valence-electron chi connectivity index (χ1n) is 7.16. The molecule has 2 rings (SSSR count). The molecule has 2 aromatic rings. The Bertz CT molecular complexity index is 741. The fourth-order valence-corrected chi connectivity index (χ4v) is 2.28. The molecule has 6 heteroatoms. The first-order chi connectivity index (χ1) is 10.9. The van der Waals surface area contributed by atoms with Crippen molar-refractivity contribution in [3.8, 4) is 5.75 Å². The van der Waals surface area contributed by atoms with Crippen LogP contribution in [0.1, 0.15) is 35.7 Å². The van der Waals surface area contributed by atoms with Gasteiger partial charge in [0.05, 0.1) is 12.0 Å². The number of carbonyl (C=O) groups is 1. The Morgan fingerprint density at radius 1 is 1.22 bits per heavy atom. The van der Waals surface area contributed by atoms with Crippen molar-refractivity contribution in [1.29, 1.82) is 0 Å². The first kappa shape index (κ1) is 16.5. The van der Waals surface area contributed by atoms with Gasteiger partial charge in [-0.3, -0.25) is 14.9 Å². The molecule has 0 saturated heterocycles. The van der Waals surface area contributed by atoms with Crippen LogP contribution in [0.5, 0.6) is 5.75 Å². The van der Waals surface area contributed by atoms with Crippen molar-refractivity contribution in [2.75, 3.05) is 12.4 Å². The van der Waals surface area contributed by atoms with Gasteiger partial charge in [0.25, 0.3) is 5.91 Å². The summed E-state index contributed by atoms with van der Waals surface area (Å²) in [6.07, 6.45) is 0. The number of anilines is 1. The van der Waals surface area contributed by atoms with Crippen molar-refractivity contribution in [3.63, 3.8) is 0 Å². The number of nitro benzene ring substituents is 1. The molecule has 6 nitrogen and oxygen atoms in total. The third-order valence-electron chi connectivity index (χ3n) is 3.47. The second-order valence-corrected chi connectivity index (χ2v) is 5.34. The number of rotatable bonds is 5. The molecule has 0 aliphatic rings. The largest absolute Gasteiger partial charge is 0.490 e. The van der Waals surface area contributed by atoms with E-state index in [0.717, 1.165) is 5.56 Å². The fraction of sp³-hybridized carbons (Fsp3) is 0.235. The fourth-order valence-electron chi connectivity index (χ4n) is 2.28. The molecule has 2 aromatic carbocycles. The normalized spacial score (nSPS) is 10.4. The lowest BCUT2D eigenvalue weighted by atomic mass is 10.0. The first-order valence-corrected chi connectivity index (χ1v) is 7.16. The van der Waals surface area contributed by atoms with Gasteiger partial charge in [0.2, 0.25) is 0 Å². The van der Waals surface area contributed by atoms with Crippen LogP contribution in [-0.4, -0.2) is 17.9 Å². The zero-order valence-electron chi connectivity index (χ0n) is 13.2. The van der Waals surface area contributed by atoms with E-state index in [1.54, 1.807) is 0 Å². The molecular formula is C17H18N2O4. The number of hydrogen-bond donors (Lipinski definition) is 1. The van der Waals surface area contributed by atoms with Crippen LogP contribution in [0.15, 0.2) is 42.5 Å². The van der Waals surface area contributed by atoms with Crippen molar-refractivity contribution in [2.24, 2.45) is 0 Å². The maximum Gasteiger partial charge on any atom is 0.311 e. The van der Waals surface area contributed by atoms with Crippen LogP contribution in [0.3, 0.4) is 0 Å². The molecule has 0 aromatic heterocycles. The van der Waals surface area contributed by atoms with Crippen LogP contribution >= 0.6 is 0 Å². The molecule has 120 valence electrons. The van der Waals surface area contributed by atoms with Crippen LogP contribution in [0, 0.1) is 10.1 Å². The predicted octanol–water partition coefficient (Wildman–Crippen LogP) is 3.98. The number of nitro groups is 1. The summed E-state index contributed by atoms with van der Waals surface area (Å²) < 4.78 is 4.94. The number of methoxy groups -OCH3 is 1. The average molecular weight is 314 g/mol. The topological polar surface area (TPSA) is 81.5 Å². The van der Waals surface area contributed by atoms with E-state index in [1.807, 2.05) is 38.1 Å². The molecule has 0 unspecified atom stereocenters. The number of para-hydroxylation sites is 1. The summed E-state index contributed by atoms with van der Waals surface area (Å²) in [5.41, 5.74) is 1.67. The summed E-state index contributed by atoms with van der Waals surface area (Å²) in [5, 5.41) is 13.9. The number of nitrogens with zero attached hydrogens (tertiary/aromatic N) is 1. The molecule has 0 atom stereocenters. The van der Waals surface area contributed by atoms with E-state index in [2.05, 4.69) is 5.32 Å². The van der Waals surface area contributed by atoms with Crippen LogP contribution < -0.4 is 10.1 Å². The van der Waals surface area contributed by atoms with Crippen LogP contribution in [0.25, 0.3) is 0 Å². The minimum atomic E-state index is -0.572. The van der Waals surface area contributed by atoms with Gasteiger partial charge in [-0.2, -0.15) is 0 Å². The second-order valence-electron chi connectivity index (χ2n) is 5.34. The molecule has 0 spiro atoms. The number of carbonyl (C=O) groups excluding carboxylic acids is 1. The minimum absolute atomic E-state index is 0.120. The SMILES string of the molecule is COc1ccc(C(=O)Nc2ccccc2C(C)C)cc1[N+](=O)[O-]. The highest BCUT2D eigenvalue weighted by Crippen LogP contribution is 2.29. The number of nitrogens with one attached hydrogen (secondary N) is 1. The van der Waals surface area contributed by atoms with Gasteiger partial charge >= 0.3 is 5.69 Å². The maximum absolute atomic E-state index is 12.4. The summed E-state index contributed by atoms with van der Waals surface area (Å²) >= 11 is 0. The minimum Gasteiger partial charge on any atom is -0.490 e. The molecule has 23 heavy (non-hydrogen) atoms. The molecule has 1 N–H and O–H groups in total. The molecule has 0 saturated carbocycles. The van der Waals surface area contributed by atoms with Gasteiger partial charge in [-0.25, -0.2) is 0 Å². The lowest BCUT2D eigenvalue weighted by Gasteiger charge is -2.13. The summed E-state index contributed by atoms with van der Waals surface area (Å²) in [6, 6.07) is 11.6. The van der Waals surface area contributed by atoms with Gasteiger partial charge in [-0.15, -0.1) is 0 Å². The maximum atomic E-state index is 12.4. The van der Waals surface area contributed by atoms with Gasteiger partial charge in [-0.05, 0) is 29.7 Å². The zero-order valence-corrected chi connectivity index (χ0v) is 13.2. The highest BCUT2D eigenvalue weighted by molar-refractivity contribution is 6.05. The summed E-state index contributed by atoms with van der Waals surface area (Å²) in [5.74, 6) is -0.0327. The van der Waals surface area contributed by atoms with E-state index in [4.69, 9.17) is 4.74 Å². The van der Waals surface area contributed by atoms with Crippen LogP contribution in [-0.2, 0) is 0 Å². The van der Waals surface area contributed by atoms with E-state index in [1.165, 1.54) is 25.3 Å². The smallest absolute Gasteiger partial charge is 0.311 e. The van der Waals surface area contributed by atoms with Crippen molar-refractivity contribution in [3.05, 3.63) is 63.7 Å². The Hall–Kier alpha value is -2.89. The number of hydrogen-bond acceptors (Lipinski definition) is 4.